The van der Waals surface area contributed by atoms with Crippen LogP contribution in [0.15, 0.2) is 23.1 Å². The number of carbonyl (C=O) groups is 1. The first-order valence-corrected chi connectivity index (χ1v) is 7.61. The van der Waals surface area contributed by atoms with Gasteiger partial charge in [-0.25, -0.2) is 4.39 Å². The van der Waals surface area contributed by atoms with Crippen LogP contribution >= 0.6 is 0 Å². The monoisotopic (exact) mass is 284 g/mol. The fraction of sp³-hybridized carbons (Fsp3) is 0.462. The molecule has 0 radical (unpaired) electrons. The van der Waals surface area contributed by atoms with E-state index in [4.69, 9.17) is 5.73 Å². The standard InChI is InChI=1S/C13H17FN2O2S/c14-9-5-6-11(15)12(7-9)19(18)8-13(17)16-10-3-1-2-4-10/h5-7,10H,1-4,8,15H2,(H,16,17). The van der Waals surface area contributed by atoms with E-state index in [0.29, 0.717) is 0 Å². The van der Waals surface area contributed by atoms with Crippen molar-refractivity contribution < 1.29 is 13.4 Å². The summed E-state index contributed by atoms with van der Waals surface area (Å²) in [5, 5.41) is 2.85. The molecule has 19 heavy (non-hydrogen) atoms. The normalized spacial score (nSPS) is 17.3. The predicted molar refractivity (Wildman–Crippen MR) is 72.5 cm³/mol. The summed E-state index contributed by atoms with van der Waals surface area (Å²) in [7, 11) is -1.61. The first kappa shape index (κ1) is 14.0. The molecule has 1 aliphatic carbocycles. The lowest BCUT2D eigenvalue weighted by atomic mass is 10.2. The quantitative estimate of drug-likeness (QED) is 0.824. The molecule has 0 spiro atoms. The van der Waals surface area contributed by atoms with Gasteiger partial charge in [-0.3, -0.25) is 9.00 Å². The van der Waals surface area contributed by atoms with Crippen molar-refractivity contribution in [3.05, 3.63) is 24.0 Å². The van der Waals surface area contributed by atoms with Crippen LogP contribution in [0.25, 0.3) is 0 Å². The molecule has 1 saturated carbocycles. The van der Waals surface area contributed by atoms with Gasteiger partial charge in [-0.1, -0.05) is 12.8 Å². The number of amides is 1. The van der Waals surface area contributed by atoms with Crippen LogP contribution in [0.5, 0.6) is 0 Å². The largest absolute Gasteiger partial charge is 0.398 e. The molecule has 0 aliphatic heterocycles. The zero-order valence-corrected chi connectivity index (χ0v) is 11.3. The van der Waals surface area contributed by atoms with Crippen LogP contribution in [0.2, 0.25) is 0 Å². The number of anilines is 1. The van der Waals surface area contributed by atoms with E-state index < -0.39 is 16.6 Å². The van der Waals surface area contributed by atoms with Gasteiger partial charge in [0, 0.05) is 11.7 Å². The lowest BCUT2D eigenvalue weighted by Crippen LogP contribution is -2.35. The van der Waals surface area contributed by atoms with Crippen molar-refractivity contribution in [2.45, 2.75) is 36.6 Å². The van der Waals surface area contributed by atoms with Crippen LogP contribution in [0.1, 0.15) is 25.7 Å². The van der Waals surface area contributed by atoms with Gasteiger partial charge in [-0.15, -0.1) is 0 Å². The third-order valence-electron chi connectivity index (χ3n) is 3.20. The van der Waals surface area contributed by atoms with E-state index in [1.165, 1.54) is 12.1 Å². The molecule has 1 fully saturated rings. The lowest BCUT2D eigenvalue weighted by molar-refractivity contribution is -0.119. The molecule has 0 saturated heterocycles. The first-order chi connectivity index (χ1) is 9.06. The van der Waals surface area contributed by atoms with E-state index in [9.17, 15) is 13.4 Å². The number of nitrogens with two attached hydrogens (primary N) is 1. The molecule has 3 N–H and O–H groups in total. The molecule has 1 unspecified atom stereocenters. The Labute approximate surface area is 114 Å². The van der Waals surface area contributed by atoms with E-state index in [0.717, 1.165) is 31.7 Å². The number of hydrogen-bond acceptors (Lipinski definition) is 3. The fourth-order valence-electron chi connectivity index (χ4n) is 2.24. The van der Waals surface area contributed by atoms with Gasteiger partial charge in [0.05, 0.1) is 15.7 Å². The molecule has 104 valence electrons. The molecule has 2 rings (SSSR count). The Kier molecular flexibility index (Phi) is 4.52. The van der Waals surface area contributed by atoms with E-state index in [1.54, 1.807) is 0 Å². The summed E-state index contributed by atoms with van der Waals surface area (Å²) in [6.45, 7) is 0. The third kappa shape index (κ3) is 3.76. The first-order valence-electron chi connectivity index (χ1n) is 6.29. The maximum atomic E-state index is 13.1. The molecule has 1 amide bonds. The summed E-state index contributed by atoms with van der Waals surface area (Å²) in [6, 6.07) is 3.87. The van der Waals surface area contributed by atoms with Crippen LogP contribution in [0.4, 0.5) is 10.1 Å². The Morgan fingerprint density at radius 3 is 2.79 bits per heavy atom. The SMILES string of the molecule is Nc1ccc(F)cc1S(=O)CC(=O)NC1CCCC1. The molecule has 1 aromatic carbocycles. The minimum Gasteiger partial charge on any atom is -0.398 e. The van der Waals surface area contributed by atoms with Gasteiger partial charge >= 0.3 is 0 Å². The van der Waals surface area contributed by atoms with E-state index in [-0.39, 0.29) is 28.3 Å². The molecule has 0 bridgehead atoms. The molecule has 4 nitrogen and oxygen atoms in total. The predicted octanol–water partition coefficient (Wildman–Crippen LogP) is 1.57. The van der Waals surface area contributed by atoms with Crippen molar-refractivity contribution in [1.82, 2.24) is 5.32 Å². The Bertz CT molecular complexity index is 501. The van der Waals surface area contributed by atoms with Crippen molar-refractivity contribution in [2.24, 2.45) is 0 Å². The van der Waals surface area contributed by atoms with Crippen molar-refractivity contribution in [3.8, 4) is 0 Å². The van der Waals surface area contributed by atoms with Crippen LogP contribution in [0.3, 0.4) is 0 Å². The number of benzene rings is 1. The number of carbonyl (C=O) groups excluding carboxylic acids is 1. The second-order valence-corrected chi connectivity index (χ2v) is 6.14. The van der Waals surface area contributed by atoms with Crippen molar-refractivity contribution in [3.63, 3.8) is 0 Å². The summed E-state index contributed by atoms with van der Waals surface area (Å²) in [5.41, 5.74) is 5.88. The van der Waals surface area contributed by atoms with Crippen molar-refractivity contribution >= 4 is 22.4 Å². The summed E-state index contributed by atoms with van der Waals surface area (Å²) < 4.78 is 25.1. The second-order valence-electron chi connectivity index (χ2n) is 4.72. The van der Waals surface area contributed by atoms with Gasteiger partial charge in [-0.2, -0.15) is 0 Å². The highest BCUT2D eigenvalue weighted by Crippen LogP contribution is 2.19. The smallest absolute Gasteiger partial charge is 0.233 e. The van der Waals surface area contributed by atoms with Crippen molar-refractivity contribution in [1.29, 1.82) is 0 Å². The van der Waals surface area contributed by atoms with Gasteiger partial charge in [0.2, 0.25) is 5.91 Å². The number of hydrogen-bond donors (Lipinski definition) is 2. The third-order valence-corrected chi connectivity index (χ3v) is 4.57. The summed E-state index contributed by atoms with van der Waals surface area (Å²) >= 11 is 0. The second kappa shape index (κ2) is 6.14. The Morgan fingerprint density at radius 1 is 1.42 bits per heavy atom. The van der Waals surface area contributed by atoms with Crippen LogP contribution in [0, 0.1) is 5.82 Å². The lowest BCUT2D eigenvalue weighted by Gasteiger charge is -2.12. The van der Waals surface area contributed by atoms with Crippen LogP contribution in [-0.4, -0.2) is 21.9 Å². The topological polar surface area (TPSA) is 72.2 Å². The summed E-state index contributed by atoms with van der Waals surface area (Å²) in [6.07, 6.45) is 4.18. The minimum absolute atomic E-state index is 0.176. The van der Waals surface area contributed by atoms with Crippen LogP contribution < -0.4 is 11.1 Å². The zero-order valence-electron chi connectivity index (χ0n) is 10.5. The Morgan fingerprint density at radius 2 is 2.11 bits per heavy atom. The molecule has 1 aromatic rings. The van der Waals surface area contributed by atoms with Gasteiger partial charge < -0.3 is 11.1 Å². The molecular formula is C13H17FN2O2S. The van der Waals surface area contributed by atoms with Gasteiger partial charge in [-0.05, 0) is 31.0 Å². The average molecular weight is 284 g/mol. The fourth-order valence-corrected chi connectivity index (χ4v) is 3.29. The Balaban J connectivity index is 1.96. The zero-order chi connectivity index (χ0) is 13.8. The van der Waals surface area contributed by atoms with Gasteiger partial charge in [0.15, 0.2) is 0 Å². The molecule has 1 atom stereocenters. The highest BCUT2D eigenvalue weighted by molar-refractivity contribution is 7.86. The molecule has 0 aromatic heterocycles. The molecule has 6 heteroatoms. The van der Waals surface area contributed by atoms with E-state index in [2.05, 4.69) is 5.32 Å². The van der Waals surface area contributed by atoms with E-state index >= 15 is 0 Å². The number of rotatable bonds is 4. The van der Waals surface area contributed by atoms with Crippen LogP contribution in [-0.2, 0) is 15.6 Å². The number of nitrogens with one attached hydrogen (secondary N) is 1. The maximum Gasteiger partial charge on any atom is 0.233 e. The molecular weight excluding hydrogens is 267 g/mol. The highest BCUT2D eigenvalue weighted by Gasteiger charge is 2.19. The summed E-state index contributed by atoms with van der Waals surface area (Å²) in [5.74, 6) is -0.952. The minimum atomic E-state index is -1.61. The number of halogens is 1. The van der Waals surface area contributed by atoms with Crippen molar-refractivity contribution in [2.75, 3.05) is 11.5 Å². The Hall–Kier alpha value is -1.43. The van der Waals surface area contributed by atoms with Gasteiger partial charge in [0.1, 0.15) is 11.6 Å². The highest BCUT2D eigenvalue weighted by atomic mass is 32.2. The van der Waals surface area contributed by atoms with E-state index in [1.807, 2.05) is 0 Å². The summed E-state index contributed by atoms with van der Waals surface area (Å²) in [4.78, 5) is 11.9. The maximum absolute atomic E-state index is 13.1. The average Bonchev–Trinajstić information content (AvgIpc) is 2.84. The number of nitrogen functional groups attached to an aromatic ring is 1. The molecule has 0 heterocycles. The van der Waals surface area contributed by atoms with Gasteiger partial charge in [0.25, 0.3) is 0 Å². The molecule has 1 aliphatic rings.